The van der Waals surface area contributed by atoms with E-state index in [0.717, 1.165) is 51.4 Å². The van der Waals surface area contributed by atoms with Crippen molar-refractivity contribution in [3.05, 3.63) is 251 Å². The van der Waals surface area contributed by atoms with Gasteiger partial charge in [0.05, 0.1) is 39.1 Å². The van der Waals surface area contributed by atoms with Gasteiger partial charge in [-0.2, -0.15) is 0 Å². The molecule has 446 valence electrons. The molecular formula is C86H82N4. The Bertz CT molecular complexity index is 5110. The van der Waals surface area contributed by atoms with Gasteiger partial charge in [-0.25, -0.2) is 0 Å². The summed E-state index contributed by atoms with van der Waals surface area (Å²) in [4.78, 5) is 5.43. The van der Waals surface area contributed by atoms with E-state index in [1.165, 1.54) is 192 Å². The summed E-state index contributed by atoms with van der Waals surface area (Å²) in [5, 5.41) is 13.1. The van der Waals surface area contributed by atoms with Gasteiger partial charge in [-0.05, 0) is 232 Å². The molecule has 0 N–H and O–H groups in total. The van der Waals surface area contributed by atoms with Gasteiger partial charge in [-0.1, -0.05) is 183 Å². The van der Waals surface area contributed by atoms with Crippen LogP contribution in [0.2, 0.25) is 0 Å². The minimum atomic E-state index is 0.0536. The molecule has 0 fully saturated rings. The zero-order valence-corrected chi connectivity index (χ0v) is 53.9. The van der Waals surface area contributed by atoms with Crippen molar-refractivity contribution >= 4 is 110 Å². The molecule has 16 rings (SSSR count). The second-order valence-electron chi connectivity index (χ2n) is 28.3. The number of rotatable bonds is 12. The maximum atomic E-state index is 2.73. The van der Waals surface area contributed by atoms with Crippen molar-refractivity contribution in [2.75, 3.05) is 9.80 Å². The molecule has 2 aliphatic carbocycles. The Hall–Kier alpha value is -9.12. The van der Waals surface area contributed by atoms with Gasteiger partial charge in [0.15, 0.2) is 0 Å². The monoisotopic (exact) mass is 1170 g/mol. The van der Waals surface area contributed by atoms with Gasteiger partial charge in [-0.15, -0.1) is 0 Å². The highest BCUT2D eigenvalue weighted by Crippen LogP contribution is 2.54. The molecule has 14 aromatic rings. The molecule has 0 saturated heterocycles. The average Bonchev–Trinajstić information content (AvgIpc) is 0.969. The third-order valence-electron chi connectivity index (χ3n) is 20.6. The Morgan fingerprint density at radius 3 is 1.33 bits per heavy atom. The Morgan fingerprint density at radius 1 is 0.333 bits per heavy atom. The number of anilines is 6. The van der Waals surface area contributed by atoms with Crippen LogP contribution in [0.25, 0.3) is 87.3 Å². The van der Waals surface area contributed by atoms with Crippen LogP contribution < -0.4 is 9.80 Å². The molecule has 0 saturated carbocycles. The van der Waals surface area contributed by atoms with Crippen molar-refractivity contribution in [3.8, 4) is 11.4 Å². The van der Waals surface area contributed by atoms with Crippen LogP contribution in [-0.2, 0) is 49.4 Å². The zero-order chi connectivity index (χ0) is 61.2. The fraction of sp³-hybridized carbons (Fsp3) is 0.256. The van der Waals surface area contributed by atoms with Crippen LogP contribution in [0.3, 0.4) is 0 Å². The van der Waals surface area contributed by atoms with E-state index in [1.807, 2.05) is 0 Å². The zero-order valence-electron chi connectivity index (χ0n) is 53.9. The predicted octanol–water partition coefficient (Wildman–Crippen LogP) is 24.0. The van der Waals surface area contributed by atoms with Crippen molar-refractivity contribution in [2.24, 2.45) is 0 Å². The fourth-order valence-electron chi connectivity index (χ4n) is 16.2. The largest absolute Gasteiger partial charge is 0.310 e. The van der Waals surface area contributed by atoms with Crippen LogP contribution in [0.15, 0.2) is 206 Å². The minimum Gasteiger partial charge on any atom is -0.310 e. The quantitative estimate of drug-likeness (QED) is 0.113. The number of aryl methyl sites for hydroxylation is 4. The van der Waals surface area contributed by atoms with Gasteiger partial charge in [0, 0.05) is 60.8 Å². The smallest absolute Gasteiger partial charge is 0.0562 e. The maximum Gasteiger partial charge on any atom is 0.0562 e. The molecule has 12 aromatic carbocycles. The number of para-hydroxylation sites is 2. The molecule has 0 bridgehead atoms. The summed E-state index contributed by atoms with van der Waals surface area (Å²) in [5.41, 5.74) is 26.3. The second kappa shape index (κ2) is 21.8. The Balaban J connectivity index is 0.978. The van der Waals surface area contributed by atoms with Crippen LogP contribution in [0.5, 0.6) is 0 Å². The van der Waals surface area contributed by atoms with Gasteiger partial charge in [0.2, 0.25) is 0 Å². The van der Waals surface area contributed by atoms with E-state index in [9.17, 15) is 0 Å². The summed E-state index contributed by atoms with van der Waals surface area (Å²) >= 11 is 0. The van der Waals surface area contributed by atoms with Crippen molar-refractivity contribution in [1.82, 2.24) is 9.13 Å². The van der Waals surface area contributed by atoms with Gasteiger partial charge in [0.1, 0.15) is 0 Å². The van der Waals surface area contributed by atoms with E-state index in [1.54, 1.807) is 0 Å². The highest BCUT2D eigenvalue weighted by molar-refractivity contribution is 6.30. The van der Waals surface area contributed by atoms with Gasteiger partial charge >= 0.3 is 0 Å². The predicted molar refractivity (Wildman–Crippen MR) is 387 cm³/mol. The molecule has 2 heterocycles. The van der Waals surface area contributed by atoms with E-state index in [2.05, 4.69) is 281 Å². The number of aromatic nitrogens is 2. The Labute approximate surface area is 531 Å². The summed E-state index contributed by atoms with van der Waals surface area (Å²) in [6.45, 7) is 18.5. The lowest BCUT2D eigenvalue weighted by atomic mass is 9.85. The Kier molecular flexibility index (Phi) is 13.6. The van der Waals surface area contributed by atoms with Crippen molar-refractivity contribution < 1.29 is 0 Å². The third kappa shape index (κ3) is 9.05. The Morgan fingerprint density at radius 2 is 0.778 bits per heavy atom. The van der Waals surface area contributed by atoms with Crippen molar-refractivity contribution in [2.45, 2.75) is 143 Å². The molecule has 0 radical (unpaired) electrons. The topological polar surface area (TPSA) is 16.3 Å². The lowest BCUT2D eigenvalue weighted by Crippen LogP contribution is -2.17. The standard InChI is InChI=1S/C86H82N4/c1-9-22-57-52-80(89(73-34-19-26-55-24-11-13-28-64(55)73)63-46-51-77-72(54-63)68-30-15-17-32-75(68)87(77)61-42-38-59(39-43-61)85(3,4)5)70-49-47-67-58(23-10-2)53-81(71-50-48-66(57)82(70)83(67)71)90(74-35-20-27-56-25-12-14-29-65(56)74)79-37-21-36-78-84(79)69-31-16-18-33-76(69)88(78)62-44-40-60(41-45-62)86(6,7)8/h15-21,26-27,30-54H,9-14,22-25,28-29H2,1-8H3. The number of benzene rings is 12. The minimum absolute atomic E-state index is 0.0536. The van der Waals surface area contributed by atoms with Gasteiger partial charge in [-0.3, -0.25) is 0 Å². The molecule has 4 heteroatoms. The van der Waals surface area contributed by atoms with Crippen LogP contribution in [0.4, 0.5) is 34.1 Å². The van der Waals surface area contributed by atoms with Crippen molar-refractivity contribution in [1.29, 1.82) is 0 Å². The summed E-state index contributed by atoms with van der Waals surface area (Å²) in [7, 11) is 0. The highest BCUT2D eigenvalue weighted by atomic mass is 15.2. The average molecular weight is 1170 g/mol. The molecule has 0 aliphatic heterocycles. The first kappa shape index (κ1) is 56.1. The summed E-state index contributed by atoms with van der Waals surface area (Å²) in [5.74, 6) is 0. The second-order valence-corrected chi connectivity index (χ2v) is 28.3. The molecule has 4 nitrogen and oxygen atoms in total. The SMILES string of the molecule is CCCc1cc(N(c2ccc3c(c2)c2ccccc2n3-c2ccc(C(C)(C)C)cc2)c2cccc3c2CCCC3)c2ccc3c(CCC)cc(N(c4cccc5c4CCCC5)c4cccc5c4c4ccccc4n5-c4ccc(C(C)(C)C)cc4)c4ccc1c2c34. The normalized spacial score (nSPS) is 13.8. The van der Waals surface area contributed by atoms with E-state index in [4.69, 9.17) is 0 Å². The first-order valence-electron chi connectivity index (χ1n) is 33.7. The summed E-state index contributed by atoms with van der Waals surface area (Å²) < 4.78 is 4.99. The molecule has 2 aromatic heterocycles. The van der Waals surface area contributed by atoms with Gasteiger partial charge < -0.3 is 18.9 Å². The van der Waals surface area contributed by atoms with Gasteiger partial charge in [0.25, 0.3) is 0 Å². The number of hydrogen-bond donors (Lipinski definition) is 0. The lowest BCUT2D eigenvalue weighted by molar-refractivity contribution is 0.590. The van der Waals surface area contributed by atoms with E-state index < -0.39 is 0 Å². The van der Waals surface area contributed by atoms with E-state index in [-0.39, 0.29) is 10.8 Å². The van der Waals surface area contributed by atoms with Crippen LogP contribution in [0, 0.1) is 0 Å². The molecular weight excluding hydrogens is 1090 g/mol. The molecule has 0 amide bonds. The lowest BCUT2D eigenvalue weighted by Gasteiger charge is -2.34. The summed E-state index contributed by atoms with van der Waals surface area (Å²) in [6.07, 6.45) is 13.2. The van der Waals surface area contributed by atoms with Crippen LogP contribution >= 0.6 is 0 Å². The molecule has 2 aliphatic rings. The number of fused-ring (bicyclic) bond motifs is 8. The molecule has 0 unspecified atom stereocenters. The first-order valence-corrected chi connectivity index (χ1v) is 33.7. The molecule has 0 atom stereocenters. The van der Waals surface area contributed by atoms with Crippen LogP contribution in [0.1, 0.15) is 138 Å². The first-order chi connectivity index (χ1) is 43.9. The summed E-state index contributed by atoms with van der Waals surface area (Å²) in [6, 6.07) is 80.9. The molecule has 0 spiro atoms. The van der Waals surface area contributed by atoms with Crippen LogP contribution in [-0.4, -0.2) is 9.13 Å². The maximum absolute atomic E-state index is 2.73. The number of hydrogen-bond acceptors (Lipinski definition) is 2. The van der Waals surface area contributed by atoms with E-state index >= 15 is 0 Å². The molecule has 90 heavy (non-hydrogen) atoms. The highest BCUT2D eigenvalue weighted by Gasteiger charge is 2.31. The number of nitrogens with zero attached hydrogens (tertiary/aromatic N) is 4. The van der Waals surface area contributed by atoms with E-state index in [0.29, 0.717) is 0 Å². The third-order valence-corrected chi connectivity index (χ3v) is 20.6. The van der Waals surface area contributed by atoms with Crippen molar-refractivity contribution in [3.63, 3.8) is 0 Å². The fourth-order valence-corrected chi connectivity index (χ4v) is 16.2.